The van der Waals surface area contributed by atoms with E-state index in [1.807, 2.05) is 34.6 Å². The SMILES string of the molecule is Cc1cc(C)c(OCCNC(=O)OC(C)(C)C)c(C)c1. The molecule has 0 aliphatic carbocycles. The number of carbonyl (C=O) groups excluding carboxylic acids is 1. The highest BCUT2D eigenvalue weighted by Gasteiger charge is 2.15. The fraction of sp³-hybridized carbons (Fsp3) is 0.562. The van der Waals surface area contributed by atoms with E-state index in [-0.39, 0.29) is 0 Å². The van der Waals surface area contributed by atoms with Gasteiger partial charge >= 0.3 is 6.09 Å². The lowest BCUT2D eigenvalue weighted by Crippen LogP contribution is -2.34. The lowest BCUT2D eigenvalue weighted by atomic mass is 10.1. The molecule has 1 amide bonds. The quantitative estimate of drug-likeness (QED) is 0.858. The van der Waals surface area contributed by atoms with Gasteiger partial charge in [0.25, 0.3) is 0 Å². The molecule has 0 saturated heterocycles. The molecule has 0 unspecified atom stereocenters. The van der Waals surface area contributed by atoms with Gasteiger partial charge in [-0.2, -0.15) is 0 Å². The van der Waals surface area contributed by atoms with Crippen molar-refractivity contribution in [1.82, 2.24) is 5.32 Å². The zero-order valence-corrected chi connectivity index (χ0v) is 13.3. The van der Waals surface area contributed by atoms with Crippen LogP contribution in [0.2, 0.25) is 0 Å². The molecule has 0 radical (unpaired) electrons. The zero-order valence-electron chi connectivity index (χ0n) is 13.3. The van der Waals surface area contributed by atoms with Crippen LogP contribution in [-0.4, -0.2) is 24.8 Å². The Hall–Kier alpha value is -1.71. The highest BCUT2D eigenvalue weighted by molar-refractivity contribution is 5.67. The van der Waals surface area contributed by atoms with Crippen molar-refractivity contribution in [2.75, 3.05) is 13.2 Å². The summed E-state index contributed by atoms with van der Waals surface area (Å²) < 4.78 is 10.9. The third-order valence-electron chi connectivity index (χ3n) is 2.62. The Morgan fingerprint density at radius 3 is 2.20 bits per heavy atom. The van der Waals surface area contributed by atoms with Crippen molar-refractivity contribution >= 4 is 6.09 Å². The number of ether oxygens (including phenoxy) is 2. The molecular formula is C16H25NO3. The summed E-state index contributed by atoms with van der Waals surface area (Å²) in [4.78, 5) is 11.5. The fourth-order valence-corrected chi connectivity index (χ4v) is 2.01. The first-order valence-corrected chi connectivity index (χ1v) is 6.86. The number of amides is 1. The van der Waals surface area contributed by atoms with E-state index >= 15 is 0 Å². The minimum Gasteiger partial charge on any atom is -0.491 e. The first-order valence-electron chi connectivity index (χ1n) is 6.86. The van der Waals surface area contributed by atoms with Gasteiger partial charge in [-0.3, -0.25) is 0 Å². The summed E-state index contributed by atoms with van der Waals surface area (Å²) in [5.74, 6) is 0.890. The Morgan fingerprint density at radius 2 is 1.70 bits per heavy atom. The molecule has 4 heteroatoms. The van der Waals surface area contributed by atoms with Crippen molar-refractivity contribution in [3.63, 3.8) is 0 Å². The van der Waals surface area contributed by atoms with Gasteiger partial charge in [-0.05, 0) is 52.7 Å². The number of aryl methyl sites for hydroxylation is 3. The fourth-order valence-electron chi connectivity index (χ4n) is 2.01. The van der Waals surface area contributed by atoms with Crippen molar-refractivity contribution in [3.05, 3.63) is 28.8 Å². The second-order valence-corrected chi connectivity index (χ2v) is 6.00. The van der Waals surface area contributed by atoms with Crippen LogP contribution in [0.4, 0.5) is 4.79 Å². The maximum absolute atomic E-state index is 11.5. The molecule has 0 aliphatic heterocycles. The first-order chi connectivity index (χ1) is 9.19. The van der Waals surface area contributed by atoms with E-state index in [1.54, 1.807) is 0 Å². The second kappa shape index (κ2) is 6.64. The number of nitrogens with one attached hydrogen (secondary N) is 1. The molecule has 1 rings (SSSR count). The molecule has 0 bridgehead atoms. The molecule has 20 heavy (non-hydrogen) atoms. The number of alkyl carbamates (subject to hydrolysis) is 1. The lowest BCUT2D eigenvalue weighted by Gasteiger charge is -2.20. The van der Waals surface area contributed by atoms with Gasteiger partial charge < -0.3 is 14.8 Å². The highest BCUT2D eigenvalue weighted by Crippen LogP contribution is 2.24. The molecule has 0 aromatic heterocycles. The Morgan fingerprint density at radius 1 is 1.15 bits per heavy atom. The topological polar surface area (TPSA) is 47.6 Å². The van der Waals surface area contributed by atoms with Gasteiger partial charge in [-0.1, -0.05) is 17.7 Å². The average molecular weight is 279 g/mol. The van der Waals surface area contributed by atoms with Crippen LogP contribution in [0.25, 0.3) is 0 Å². The van der Waals surface area contributed by atoms with E-state index in [1.165, 1.54) is 5.56 Å². The molecule has 1 aromatic carbocycles. The van der Waals surface area contributed by atoms with Crippen LogP contribution >= 0.6 is 0 Å². The smallest absolute Gasteiger partial charge is 0.407 e. The Balaban J connectivity index is 2.41. The van der Waals surface area contributed by atoms with Crippen LogP contribution in [0.15, 0.2) is 12.1 Å². The predicted molar refractivity (Wildman–Crippen MR) is 80.4 cm³/mol. The molecule has 0 atom stereocenters. The van der Waals surface area contributed by atoms with E-state index in [2.05, 4.69) is 24.4 Å². The van der Waals surface area contributed by atoms with Gasteiger partial charge in [0, 0.05) is 0 Å². The van der Waals surface area contributed by atoms with E-state index in [9.17, 15) is 4.79 Å². The van der Waals surface area contributed by atoms with E-state index in [4.69, 9.17) is 9.47 Å². The summed E-state index contributed by atoms with van der Waals surface area (Å²) in [5, 5.41) is 2.67. The van der Waals surface area contributed by atoms with Gasteiger partial charge in [0.2, 0.25) is 0 Å². The first kappa shape index (κ1) is 16.3. The average Bonchev–Trinajstić information content (AvgIpc) is 2.23. The number of hydrogen-bond donors (Lipinski definition) is 1. The maximum Gasteiger partial charge on any atom is 0.407 e. The van der Waals surface area contributed by atoms with E-state index in [0.717, 1.165) is 16.9 Å². The number of carbonyl (C=O) groups is 1. The summed E-state index contributed by atoms with van der Waals surface area (Å²) >= 11 is 0. The Kier molecular flexibility index (Phi) is 5.43. The molecule has 0 saturated carbocycles. The number of benzene rings is 1. The maximum atomic E-state index is 11.5. The van der Waals surface area contributed by atoms with E-state index < -0.39 is 11.7 Å². The molecule has 112 valence electrons. The summed E-state index contributed by atoms with van der Waals surface area (Å²) in [6.07, 6.45) is -0.418. The summed E-state index contributed by atoms with van der Waals surface area (Å²) in [6.45, 7) is 12.5. The minimum absolute atomic E-state index is 0.418. The van der Waals surface area contributed by atoms with Crippen LogP contribution in [0.3, 0.4) is 0 Å². The standard InChI is InChI=1S/C16H25NO3/c1-11-9-12(2)14(13(3)10-11)19-8-7-17-15(18)20-16(4,5)6/h9-10H,7-8H2,1-6H3,(H,17,18). The van der Waals surface area contributed by atoms with Crippen molar-refractivity contribution in [3.8, 4) is 5.75 Å². The highest BCUT2D eigenvalue weighted by atomic mass is 16.6. The predicted octanol–water partition coefficient (Wildman–Crippen LogP) is 3.52. The van der Waals surface area contributed by atoms with Gasteiger partial charge in [0.1, 0.15) is 18.0 Å². The Bertz CT molecular complexity index is 452. The number of rotatable bonds is 4. The molecule has 4 nitrogen and oxygen atoms in total. The second-order valence-electron chi connectivity index (χ2n) is 6.00. The van der Waals surface area contributed by atoms with E-state index in [0.29, 0.717) is 13.2 Å². The van der Waals surface area contributed by atoms with Crippen LogP contribution in [0, 0.1) is 20.8 Å². The molecule has 0 heterocycles. The van der Waals surface area contributed by atoms with Crippen LogP contribution in [0.5, 0.6) is 5.75 Å². The zero-order chi connectivity index (χ0) is 15.3. The van der Waals surface area contributed by atoms with Gasteiger partial charge in [-0.15, -0.1) is 0 Å². The third kappa shape index (κ3) is 5.51. The minimum atomic E-state index is -0.477. The summed E-state index contributed by atoms with van der Waals surface area (Å²) in [7, 11) is 0. The molecule has 1 aromatic rings. The molecule has 0 aliphatic rings. The van der Waals surface area contributed by atoms with Crippen LogP contribution < -0.4 is 10.1 Å². The van der Waals surface area contributed by atoms with Gasteiger partial charge in [0.05, 0.1) is 6.54 Å². The molecule has 0 fully saturated rings. The van der Waals surface area contributed by atoms with Crippen LogP contribution in [-0.2, 0) is 4.74 Å². The van der Waals surface area contributed by atoms with Gasteiger partial charge in [-0.25, -0.2) is 4.79 Å². The van der Waals surface area contributed by atoms with Crippen LogP contribution in [0.1, 0.15) is 37.5 Å². The summed E-state index contributed by atoms with van der Waals surface area (Å²) in [6, 6.07) is 4.17. The largest absolute Gasteiger partial charge is 0.491 e. The lowest BCUT2D eigenvalue weighted by molar-refractivity contribution is 0.0520. The van der Waals surface area contributed by atoms with Crippen molar-refractivity contribution in [2.24, 2.45) is 0 Å². The van der Waals surface area contributed by atoms with Crippen molar-refractivity contribution < 1.29 is 14.3 Å². The monoisotopic (exact) mass is 279 g/mol. The van der Waals surface area contributed by atoms with Gasteiger partial charge in [0.15, 0.2) is 0 Å². The summed E-state index contributed by atoms with van der Waals surface area (Å²) in [5.41, 5.74) is 2.97. The molecule has 0 spiro atoms. The van der Waals surface area contributed by atoms with Crippen molar-refractivity contribution in [1.29, 1.82) is 0 Å². The third-order valence-corrected chi connectivity index (χ3v) is 2.62. The van der Waals surface area contributed by atoms with Crippen molar-refractivity contribution in [2.45, 2.75) is 47.1 Å². The normalized spacial score (nSPS) is 11.1. The number of hydrogen-bond acceptors (Lipinski definition) is 3. The molecule has 1 N–H and O–H groups in total. The molecular weight excluding hydrogens is 254 g/mol. The Labute approximate surface area is 121 Å².